The Balaban J connectivity index is 2.88. The van der Waals surface area contributed by atoms with E-state index in [1.165, 1.54) is 0 Å². The molecule has 0 spiro atoms. The van der Waals surface area contributed by atoms with Crippen molar-refractivity contribution in [1.29, 1.82) is 0 Å². The number of aliphatic hydroxyl groups excluding tert-OH is 1. The molecule has 0 aliphatic rings. The molecule has 0 amide bonds. The third-order valence-electron chi connectivity index (χ3n) is 1.99. The molecule has 5 N–H and O–H groups in total. The summed E-state index contributed by atoms with van der Waals surface area (Å²) in [6.45, 7) is 1.95. The van der Waals surface area contributed by atoms with Crippen LogP contribution in [0, 0.1) is 6.92 Å². The molecule has 0 fully saturated rings. The Hall–Kier alpha value is -1.13. The molecule has 0 saturated heterocycles. The van der Waals surface area contributed by atoms with Crippen molar-refractivity contribution in [2.75, 3.05) is 12.3 Å². The van der Waals surface area contributed by atoms with E-state index < -0.39 is 0 Å². The lowest BCUT2D eigenvalue weighted by molar-refractivity contribution is 0.276. The lowest BCUT2D eigenvalue weighted by Gasteiger charge is -2.12. The Morgan fingerprint density at radius 3 is 2.77 bits per heavy atom. The van der Waals surface area contributed by atoms with E-state index in [1.54, 1.807) is 6.07 Å². The van der Waals surface area contributed by atoms with Gasteiger partial charge in [-0.05, 0) is 25.0 Å². The maximum Gasteiger partial charge on any atom is 0.123 e. The van der Waals surface area contributed by atoms with Gasteiger partial charge in [-0.15, -0.1) is 0 Å². The van der Waals surface area contributed by atoms with E-state index >= 15 is 0 Å². The van der Waals surface area contributed by atoms with Crippen LogP contribution in [0.2, 0.25) is 0 Å². The summed E-state index contributed by atoms with van der Waals surface area (Å²) >= 11 is 0. The van der Waals surface area contributed by atoms with Gasteiger partial charge < -0.3 is 16.6 Å². The van der Waals surface area contributed by atoms with E-state index in [0.29, 0.717) is 12.2 Å². The van der Waals surface area contributed by atoms with Crippen molar-refractivity contribution >= 4 is 5.82 Å². The highest BCUT2D eigenvalue weighted by molar-refractivity contribution is 5.35. The average molecular weight is 181 g/mol. The number of aromatic nitrogens is 1. The zero-order chi connectivity index (χ0) is 9.84. The topological polar surface area (TPSA) is 85.2 Å². The fourth-order valence-electron chi connectivity index (χ4n) is 1.28. The van der Waals surface area contributed by atoms with Gasteiger partial charge in [-0.2, -0.15) is 0 Å². The summed E-state index contributed by atoms with van der Waals surface area (Å²) in [4.78, 5) is 4.09. The highest BCUT2D eigenvalue weighted by atomic mass is 16.3. The van der Waals surface area contributed by atoms with Crippen molar-refractivity contribution in [1.82, 2.24) is 4.98 Å². The number of aliphatic hydroxyl groups is 1. The molecule has 4 heteroatoms. The summed E-state index contributed by atoms with van der Waals surface area (Å²) in [7, 11) is 0. The largest absolute Gasteiger partial charge is 0.396 e. The minimum absolute atomic E-state index is 0.0883. The summed E-state index contributed by atoms with van der Waals surface area (Å²) in [5, 5.41) is 8.72. The van der Waals surface area contributed by atoms with Gasteiger partial charge in [0, 0.05) is 18.3 Å². The molecule has 1 atom stereocenters. The Morgan fingerprint density at radius 1 is 1.54 bits per heavy atom. The number of rotatable bonds is 3. The van der Waals surface area contributed by atoms with Crippen LogP contribution in [-0.4, -0.2) is 16.7 Å². The predicted molar refractivity (Wildman–Crippen MR) is 52.0 cm³/mol. The second-order valence-electron chi connectivity index (χ2n) is 3.03. The van der Waals surface area contributed by atoms with Crippen LogP contribution < -0.4 is 11.5 Å². The van der Waals surface area contributed by atoms with Crippen LogP contribution >= 0.6 is 0 Å². The maximum atomic E-state index is 8.72. The summed E-state index contributed by atoms with van der Waals surface area (Å²) in [6, 6.07) is 3.43. The predicted octanol–water partition coefficient (Wildman–Crippen LogP) is 0.354. The molecule has 0 radical (unpaired) electrons. The quantitative estimate of drug-likeness (QED) is 0.628. The molecule has 1 heterocycles. The van der Waals surface area contributed by atoms with Gasteiger partial charge in [-0.1, -0.05) is 6.07 Å². The maximum absolute atomic E-state index is 8.72. The molecule has 0 aliphatic heterocycles. The first-order valence-corrected chi connectivity index (χ1v) is 4.24. The van der Waals surface area contributed by atoms with Crippen LogP contribution in [0.1, 0.15) is 23.7 Å². The second-order valence-corrected chi connectivity index (χ2v) is 3.03. The zero-order valence-electron chi connectivity index (χ0n) is 7.70. The smallest absolute Gasteiger partial charge is 0.123 e. The van der Waals surface area contributed by atoms with Crippen LogP contribution in [-0.2, 0) is 0 Å². The van der Waals surface area contributed by atoms with E-state index in [4.69, 9.17) is 16.6 Å². The minimum atomic E-state index is -0.155. The van der Waals surface area contributed by atoms with Crippen LogP contribution in [0.4, 0.5) is 5.82 Å². The van der Waals surface area contributed by atoms with Crippen LogP contribution in [0.25, 0.3) is 0 Å². The Morgan fingerprint density at radius 2 is 2.23 bits per heavy atom. The minimum Gasteiger partial charge on any atom is -0.396 e. The Bertz CT molecular complexity index is 288. The van der Waals surface area contributed by atoms with Crippen molar-refractivity contribution in [3.8, 4) is 0 Å². The van der Waals surface area contributed by atoms with Gasteiger partial charge in [0.2, 0.25) is 0 Å². The number of nitrogens with two attached hydrogens (primary N) is 2. The normalized spacial score (nSPS) is 12.8. The van der Waals surface area contributed by atoms with Crippen molar-refractivity contribution in [3.05, 3.63) is 23.4 Å². The number of anilines is 1. The van der Waals surface area contributed by atoms with Gasteiger partial charge in [-0.3, -0.25) is 0 Å². The molecule has 0 aromatic carbocycles. The van der Waals surface area contributed by atoms with E-state index in [-0.39, 0.29) is 12.6 Å². The number of nitrogens with zero attached hydrogens (tertiary/aromatic N) is 1. The highest BCUT2D eigenvalue weighted by Crippen LogP contribution is 2.17. The van der Waals surface area contributed by atoms with Crippen LogP contribution in [0.3, 0.4) is 0 Å². The fourth-order valence-corrected chi connectivity index (χ4v) is 1.28. The molecule has 72 valence electrons. The molecule has 0 unspecified atom stereocenters. The second kappa shape index (κ2) is 4.20. The van der Waals surface area contributed by atoms with Crippen molar-refractivity contribution in [2.24, 2.45) is 5.73 Å². The molecule has 1 rings (SSSR count). The lowest BCUT2D eigenvalue weighted by Crippen LogP contribution is -2.14. The summed E-state index contributed by atoms with van der Waals surface area (Å²) in [5.41, 5.74) is 13.1. The van der Waals surface area contributed by atoms with Gasteiger partial charge in [0.1, 0.15) is 5.82 Å². The van der Waals surface area contributed by atoms with Gasteiger partial charge in [0.25, 0.3) is 0 Å². The Labute approximate surface area is 77.6 Å². The number of pyridine rings is 1. The average Bonchev–Trinajstić information content (AvgIpc) is 2.04. The number of nitrogen functional groups attached to an aromatic ring is 1. The number of hydrogen-bond acceptors (Lipinski definition) is 4. The molecule has 13 heavy (non-hydrogen) atoms. The first-order valence-electron chi connectivity index (χ1n) is 4.24. The first-order chi connectivity index (χ1) is 6.15. The van der Waals surface area contributed by atoms with Gasteiger partial charge in [0.15, 0.2) is 0 Å². The first kappa shape index (κ1) is 9.95. The van der Waals surface area contributed by atoms with Crippen LogP contribution in [0.5, 0.6) is 0 Å². The summed E-state index contributed by atoms with van der Waals surface area (Å²) < 4.78 is 0. The van der Waals surface area contributed by atoms with Crippen molar-refractivity contribution in [3.63, 3.8) is 0 Å². The third-order valence-corrected chi connectivity index (χ3v) is 1.99. The van der Waals surface area contributed by atoms with E-state index in [2.05, 4.69) is 4.98 Å². The zero-order valence-corrected chi connectivity index (χ0v) is 7.70. The van der Waals surface area contributed by atoms with E-state index in [1.807, 2.05) is 13.0 Å². The summed E-state index contributed by atoms with van der Waals surface area (Å²) in [6.07, 6.45) is 0.548. The molecule has 1 aromatic rings. The van der Waals surface area contributed by atoms with Gasteiger partial charge in [0.05, 0.1) is 0 Å². The molecular formula is C9H15N3O. The molecular weight excluding hydrogens is 166 g/mol. The molecule has 0 bridgehead atoms. The SMILES string of the molecule is Cc1nc(N)ccc1[C@@H](N)CCO. The monoisotopic (exact) mass is 181 g/mol. The van der Waals surface area contributed by atoms with E-state index in [9.17, 15) is 0 Å². The van der Waals surface area contributed by atoms with Crippen molar-refractivity contribution < 1.29 is 5.11 Å². The molecule has 0 aliphatic carbocycles. The van der Waals surface area contributed by atoms with Crippen molar-refractivity contribution in [2.45, 2.75) is 19.4 Å². The molecule has 4 nitrogen and oxygen atoms in total. The number of hydrogen-bond donors (Lipinski definition) is 3. The van der Waals surface area contributed by atoms with Gasteiger partial charge in [-0.25, -0.2) is 4.98 Å². The molecule has 1 aromatic heterocycles. The number of aryl methyl sites for hydroxylation is 1. The van der Waals surface area contributed by atoms with Gasteiger partial charge >= 0.3 is 0 Å². The Kier molecular flexibility index (Phi) is 3.22. The summed E-state index contributed by atoms with van der Waals surface area (Å²) in [5.74, 6) is 0.498. The van der Waals surface area contributed by atoms with E-state index in [0.717, 1.165) is 11.3 Å². The lowest BCUT2D eigenvalue weighted by atomic mass is 10.0. The third kappa shape index (κ3) is 2.40. The standard InChI is InChI=1S/C9H15N3O/c1-6-7(8(10)4-5-13)2-3-9(11)12-6/h2-3,8,13H,4-5,10H2,1H3,(H2,11,12)/t8-/m0/s1. The van der Waals surface area contributed by atoms with Crippen LogP contribution in [0.15, 0.2) is 12.1 Å². The highest BCUT2D eigenvalue weighted by Gasteiger charge is 2.08. The fraction of sp³-hybridized carbons (Fsp3) is 0.444. The molecule has 0 saturated carbocycles.